The molecule has 20 heavy (non-hydrogen) atoms. The highest BCUT2D eigenvalue weighted by Crippen LogP contribution is 2.25. The van der Waals surface area contributed by atoms with E-state index in [1.807, 2.05) is 0 Å². The van der Waals surface area contributed by atoms with Crippen molar-refractivity contribution in [3.63, 3.8) is 0 Å². The molecule has 1 heterocycles. The third kappa shape index (κ3) is 3.26. The molecule has 0 saturated heterocycles. The predicted molar refractivity (Wildman–Crippen MR) is 75.6 cm³/mol. The van der Waals surface area contributed by atoms with Gasteiger partial charge in [0.25, 0.3) is 5.91 Å². The number of carbonyl (C=O) groups is 2. The number of carboxylic acids is 1. The second kappa shape index (κ2) is 5.90. The average molecular weight is 311 g/mol. The Hall–Kier alpha value is -2.11. The van der Waals surface area contributed by atoms with Crippen molar-refractivity contribution in [1.29, 1.82) is 0 Å². The van der Waals surface area contributed by atoms with Crippen molar-refractivity contribution < 1.29 is 14.7 Å². The molecule has 0 aliphatic carbocycles. The zero-order chi connectivity index (χ0) is 14.7. The van der Waals surface area contributed by atoms with E-state index in [-0.39, 0.29) is 11.4 Å². The quantitative estimate of drug-likeness (QED) is 0.911. The number of anilines is 1. The highest BCUT2D eigenvalue weighted by Gasteiger charge is 2.13. The SMILES string of the molecule is O=C(O)c1cccc(C(=O)Nc2cc(Cl)ccc2Cl)n1. The highest BCUT2D eigenvalue weighted by molar-refractivity contribution is 6.35. The Labute approximate surface area is 124 Å². The Balaban J connectivity index is 2.26. The lowest BCUT2D eigenvalue weighted by Crippen LogP contribution is -2.15. The van der Waals surface area contributed by atoms with Crippen LogP contribution in [-0.2, 0) is 0 Å². The van der Waals surface area contributed by atoms with Crippen LogP contribution in [0.4, 0.5) is 5.69 Å². The summed E-state index contributed by atoms with van der Waals surface area (Å²) in [5.74, 6) is -1.78. The van der Waals surface area contributed by atoms with Crippen LogP contribution in [0, 0.1) is 0 Å². The van der Waals surface area contributed by atoms with Gasteiger partial charge in [0.05, 0.1) is 10.7 Å². The molecule has 5 nitrogen and oxygen atoms in total. The first-order chi connectivity index (χ1) is 9.47. The summed E-state index contributed by atoms with van der Waals surface area (Å²) < 4.78 is 0. The summed E-state index contributed by atoms with van der Waals surface area (Å²) in [7, 11) is 0. The van der Waals surface area contributed by atoms with Gasteiger partial charge in [-0.2, -0.15) is 0 Å². The number of hydrogen-bond donors (Lipinski definition) is 2. The van der Waals surface area contributed by atoms with Crippen molar-refractivity contribution >= 4 is 40.8 Å². The molecule has 1 aromatic carbocycles. The molecule has 1 aromatic heterocycles. The molecule has 0 radical (unpaired) electrons. The first-order valence-electron chi connectivity index (χ1n) is 5.44. The molecule has 0 aliphatic rings. The van der Waals surface area contributed by atoms with Crippen LogP contribution in [0.5, 0.6) is 0 Å². The smallest absolute Gasteiger partial charge is 0.354 e. The maximum Gasteiger partial charge on any atom is 0.354 e. The number of nitrogens with one attached hydrogen (secondary N) is 1. The first kappa shape index (κ1) is 14.3. The van der Waals surface area contributed by atoms with Gasteiger partial charge < -0.3 is 10.4 Å². The Morgan fingerprint density at radius 1 is 1.10 bits per heavy atom. The van der Waals surface area contributed by atoms with E-state index in [2.05, 4.69) is 10.3 Å². The summed E-state index contributed by atoms with van der Waals surface area (Å²) in [6.45, 7) is 0. The van der Waals surface area contributed by atoms with Gasteiger partial charge in [-0.05, 0) is 30.3 Å². The lowest BCUT2D eigenvalue weighted by molar-refractivity contribution is 0.0690. The van der Waals surface area contributed by atoms with E-state index in [9.17, 15) is 9.59 Å². The van der Waals surface area contributed by atoms with E-state index in [0.717, 1.165) is 0 Å². The molecule has 0 unspecified atom stereocenters. The molecule has 2 N–H and O–H groups in total. The van der Waals surface area contributed by atoms with Crippen LogP contribution in [0.1, 0.15) is 21.0 Å². The molecule has 0 saturated carbocycles. The number of rotatable bonds is 3. The fourth-order valence-corrected chi connectivity index (χ4v) is 1.80. The maximum absolute atomic E-state index is 12.0. The summed E-state index contributed by atoms with van der Waals surface area (Å²) in [4.78, 5) is 26.5. The van der Waals surface area contributed by atoms with Crippen molar-refractivity contribution in [3.8, 4) is 0 Å². The molecule has 7 heteroatoms. The van der Waals surface area contributed by atoms with Crippen LogP contribution in [0.3, 0.4) is 0 Å². The van der Waals surface area contributed by atoms with E-state index in [4.69, 9.17) is 28.3 Å². The minimum atomic E-state index is -1.21. The van der Waals surface area contributed by atoms with Gasteiger partial charge in [-0.15, -0.1) is 0 Å². The van der Waals surface area contributed by atoms with Crippen LogP contribution in [0.25, 0.3) is 0 Å². The molecular weight excluding hydrogens is 303 g/mol. The van der Waals surface area contributed by atoms with Gasteiger partial charge in [0, 0.05) is 5.02 Å². The van der Waals surface area contributed by atoms with Gasteiger partial charge in [0.1, 0.15) is 11.4 Å². The number of aromatic nitrogens is 1. The number of carboxylic acid groups (broad SMARTS) is 1. The molecule has 2 rings (SSSR count). The summed E-state index contributed by atoms with van der Waals surface area (Å²) in [6.07, 6.45) is 0. The van der Waals surface area contributed by atoms with Crippen LogP contribution < -0.4 is 5.32 Å². The van der Waals surface area contributed by atoms with Gasteiger partial charge >= 0.3 is 5.97 Å². The van der Waals surface area contributed by atoms with Gasteiger partial charge in [-0.25, -0.2) is 9.78 Å². The summed E-state index contributed by atoms with van der Waals surface area (Å²) in [5, 5.41) is 12.1. The number of hydrogen-bond acceptors (Lipinski definition) is 3. The molecule has 0 bridgehead atoms. The first-order valence-corrected chi connectivity index (χ1v) is 6.20. The summed E-state index contributed by atoms with van der Waals surface area (Å²) >= 11 is 11.7. The highest BCUT2D eigenvalue weighted by atomic mass is 35.5. The topological polar surface area (TPSA) is 79.3 Å². The van der Waals surface area contributed by atoms with Crippen molar-refractivity contribution in [2.75, 3.05) is 5.32 Å². The minimum absolute atomic E-state index is 0.0269. The number of halogens is 2. The number of carbonyl (C=O) groups excluding carboxylic acids is 1. The molecule has 0 fully saturated rings. The second-order valence-electron chi connectivity index (χ2n) is 3.79. The van der Waals surface area contributed by atoms with Gasteiger partial charge in [-0.3, -0.25) is 4.79 Å². The maximum atomic E-state index is 12.0. The number of amides is 1. The van der Waals surface area contributed by atoms with Crippen LogP contribution >= 0.6 is 23.2 Å². The van der Waals surface area contributed by atoms with Crippen LogP contribution in [0.15, 0.2) is 36.4 Å². The second-order valence-corrected chi connectivity index (χ2v) is 4.64. The lowest BCUT2D eigenvalue weighted by Gasteiger charge is -2.07. The van der Waals surface area contributed by atoms with Gasteiger partial charge in [0.2, 0.25) is 0 Å². The molecule has 0 aliphatic heterocycles. The third-order valence-corrected chi connectivity index (χ3v) is 2.94. The van der Waals surface area contributed by atoms with E-state index in [1.165, 1.54) is 24.3 Å². The predicted octanol–water partition coefficient (Wildman–Crippen LogP) is 3.34. The van der Waals surface area contributed by atoms with Crippen molar-refractivity contribution in [1.82, 2.24) is 4.98 Å². The normalized spacial score (nSPS) is 10.1. The molecule has 1 amide bonds. The van der Waals surface area contributed by atoms with Crippen molar-refractivity contribution in [2.45, 2.75) is 0 Å². The fourth-order valence-electron chi connectivity index (χ4n) is 1.46. The van der Waals surface area contributed by atoms with E-state index < -0.39 is 11.9 Å². The van der Waals surface area contributed by atoms with E-state index in [0.29, 0.717) is 15.7 Å². The Morgan fingerprint density at radius 3 is 2.50 bits per heavy atom. The van der Waals surface area contributed by atoms with E-state index >= 15 is 0 Å². The zero-order valence-corrected chi connectivity index (χ0v) is 11.4. The lowest BCUT2D eigenvalue weighted by atomic mass is 10.2. The molecule has 2 aromatic rings. The molecule has 102 valence electrons. The number of nitrogens with zero attached hydrogens (tertiary/aromatic N) is 1. The Bertz CT molecular complexity index is 689. The van der Waals surface area contributed by atoms with Crippen LogP contribution in [-0.4, -0.2) is 22.0 Å². The van der Waals surface area contributed by atoms with E-state index in [1.54, 1.807) is 12.1 Å². The fraction of sp³-hybridized carbons (Fsp3) is 0. The van der Waals surface area contributed by atoms with Gasteiger partial charge in [0.15, 0.2) is 0 Å². The molecule has 0 spiro atoms. The Kier molecular flexibility index (Phi) is 4.22. The number of pyridine rings is 1. The molecular formula is C13H8Cl2N2O3. The molecule has 0 atom stereocenters. The largest absolute Gasteiger partial charge is 0.477 e. The minimum Gasteiger partial charge on any atom is -0.477 e. The monoisotopic (exact) mass is 310 g/mol. The summed E-state index contributed by atoms with van der Waals surface area (Å²) in [5.41, 5.74) is 0.0856. The summed E-state index contributed by atoms with van der Waals surface area (Å²) in [6, 6.07) is 8.75. The Morgan fingerprint density at radius 2 is 1.80 bits per heavy atom. The zero-order valence-electron chi connectivity index (χ0n) is 9.93. The van der Waals surface area contributed by atoms with Crippen LogP contribution in [0.2, 0.25) is 10.0 Å². The van der Waals surface area contributed by atoms with Crippen molar-refractivity contribution in [2.24, 2.45) is 0 Å². The standard InChI is InChI=1S/C13H8Cl2N2O3/c14-7-4-5-8(15)11(6-7)17-12(18)9-2-1-3-10(16-9)13(19)20/h1-6H,(H,17,18)(H,19,20). The average Bonchev–Trinajstić information content (AvgIpc) is 2.43. The van der Waals surface area contributed by atoms with Crippen molar-refractivity contribution in [3.05, 3.63) is 57.8 Å². The number of aromatic carboxylic acids is 1. The number of benzene rings is 1. The third-order valence-electron chi connectivity index (χ3n) is 2.38. The van der Waals surface area contributed by atoms with Gasteiger partial charge in [-0.1, -0.05) is 29.3 Å².